The number of allylic oxidation sites excluding steroid dienone is 1. The molecule has 64 valence electrons. The normalized spacial score (nSPS) is 11.3. The van der Waals surface area contributed by atoms with E-state index < -0.39 is 0 Å². The van der Waals surface area contributed by atoms with Crippen molar-refractivity contribution in [2.45, 2.75) is 13.8 Å². The van der Waals surface area contributed by atoms with Crippen LogP contribution in [-0.2, 0) is 4.79 Å². The van der Waals surface area contributed by atoms with Gasteiger partial charge in [0.15, 0.2) is 0 Å². The molecular weight excluding hydrogens is 154 g/mol. The highest BCUT2D eigenvalue weighted by Crippen LogP contribution is 2.03. The van der Waals surface area contributed by atoms with Crippen molar-refractivity contribution in [3.8, 4) is 0 Å². The molecule has 4 nitrogen and oxygen atoms in total. The molecule has 0 bridgehead atoms. The van der Waals surface area contributed by atoms with Crippen LogP contribution in [0.1, 0.15) is 13.8 Å². The monoisotopic (exact) mass is 165 g/mol. The number of carbonyl (C=O) groups excluding carboxylic acids is 1. The molecule has 1 aromatic heterocycles. The van der Waals surface area contributed by atoms with Gasteiger partial charge >= 0.3 is 0 Å². The SMILES string of the molecule is C/C=C(/C)C(=O)Nc1cn[nH]c1. The van der Waals surface area contributed by atoms with E-state index in [-0.39, 0.29) is 5.91 Å². The van der Waals surface area contributed by atoms with Crippen LogP contribution < -0.4 is 5.32 Å². The Balaban J connectivity index is 2.59. The van der Waals surface area contributed by atoms with Gasteiger partial charge in [-0.3, -0.25) is 9.89 Å². The number of anilines is 1. The maximum absolute atomic E-state index is 11.2. The lowest BCUT2D eigenvalue weighted by Crippen LogP contribution is -2.11. The van der Waals surface area contributed by atoms with Crippen molar-refractivity contribution in [2.24, 2.45) is 0 Å². The highest BCUT2D eigenvalue weighted by Gasteiger charge is 2.02. The number of aromatic amines is 1. The number of nitrogens with zero attached hydrogens (tertiary/aromatic N) is 1. The maximum atomic E-state index is 11.2. The zero-order chi connectivity index (χ0) is 8.97. The van der Waals surface area contributed by atoms with Crippen LogP contribution in [0.2, 0.25) is 0 Å². The fourth-order valence-corrected chi connectivity index (χ4v) is 0.680. The molecule has 0 spiro atoms. The van der Waals surface area contributed by atoms with Crippen molar-refractivity contribution in [1.29, 1.82) is 0 Å². The molecule has 4 heteroatoms. The molecule has 1 aromatic rings. The van der Waals surface area contributed by atoms with Crippen LogP contribution in [0.5, 0.6) is 0 Å². The van der Waals surface area contributed by atoms with Gasteiger partial charge in [-0.1, -0.05) is 6.08 Å². The van der Waals surface area contributed by atoms with Crippen molar-refractivity contribution in [3.05, 3.63) is 24.0 Å². The standard InChI is InChI=1S/C8H11N3O/c1-3-6(2)8(12)11-7-4-9-10-5-7/h3-5H,1-2H3,(H,9,10)(H,11,12)/b6-3-. The Morgan fingerprint density at radius 1 is 1.75 bits per heavy atom. The van der Waals surface area contributed by atoms with E-state index in [0.717, 1.165) is 0 Å². The number of rotatable bonds is 2. The molecule has 0 unspecified atom stereocenters. The topological polar surface area (TPSA) is 57.8 Å². The van der Waals surface area contributed by atoms with Crippen LogP contribution >= 0.6 is 0 Å². The van der Waals surface area contributed by atoms with Gasteiger partial charge in [-0.15, -0.1) is 0 Å². The molecule has 1 heterocycles. The Bertz CT molecular complexity index is 287. The molecule has 0 atom stereocenters. The first-order valence-electron chi connectivity index (χ1n) is 3.67. The number of carbonyl (C=O) groups is 1. The molecule has 0 radical (unpaired) electrons. The Hall–Kier alpha value is -1.58. The van der Waals surface area contributed by atoms with Gasteiger partial charge in [-0.05, 0) is 13.8 Å². The molecule has 0 saturated heterocycles. The van der Waals surface area contributed by atoms with E-state index in [0.29, 0.717) is 11.3 Å². The quantitative estimate of drug-likeness (QED) is 0.649. The van der Waals surface area contributed by atoms with E-state index in [1.807, 2.05) is 6.92 Å². The van der Waals surface area contributed by atoms with Crippen LogP contribution in [0, 0.1) is 0 Å². The minimum Gasteiger partial charge on any atom is -0.320 e. The van der Waals surface area contributed by atoms with E-state index in [9.17, 15) is 4.79 Å². The summed E-state index contributed by atoms with van der Waals surface area (Å²) < 4.78 is 0. The van der Waals surface area contributed by atoms with Gasteiger partial charge in [0, 0.05) is 11.8 Å². The molecular formula is C8H11N3O. The number of H-pyrrole nitrogens is 1. The van der Waals surface area contributed by atoms with E-state index in [1.54, 1.807) is 25.4 Å². The Morgan fingerprint density at radius 3 is 3.00 bits per heavy atom. The predicted octanol–water partition coefficient (Wildman–Crippen LogP) is 1.31. The zero-order valence-electron chi connectivity index (χ0n) is 7.09. The zero-order valence-corrected chi connectivity index (χ0v) is 7.09. The molecule has 12 heavy (non-hydrogen) atoms. The van der Waals surface area contributed by atoms with Crippen LogP contribution in [0.15, 0.2) is 24.0 Å². The molecule has 1 amide bonds. The second-order valence-electron chi connectivity index (χ2n) is 2.41. The molecule has 0 aromatic carbocycles. The summed E-state index contributed by atoms with van der Waals surface area (Å²) in [5.41, 5.74) is 1.37. The molecule has 0 saturated carbocycles. The maximum Gasteiger partial charge on any atom is 0.251 e. The van der Waals surface area contributed by atoms with Crippen LogP contribution in [0.3, 0.4) is 0 Å². The summed E-state index contributed by atoms with van der Waals surface area (Å²) in [5.74, 6) is -0.0982. The minimum absolute atomic E-state index is 0.0982. The fraction of sp³-hybridized carbons (Fsp3) is 0.250. The van der Waals surface area contributed by atoms with E-state index in [1.165, 1.54) is 0 Å². The van der Waals surface area contributed by atoms with E-state index in [2.05, 4.69) is 15.5 Å². The lowest BCUT2D eigenvalue weighted by molar-refractivity contribution is -0.112. The first-order valence-corrected chi connectivity index (χ1v) is 3.67. The van der Waals surface area contributed by atoms with Crippen molar-refractivity contribution in [1.82, 2.24) is 10.2 Å². The van der Waals surface area contributed by atoms with Crippen molar-refractivity contribution in [2.75, 3.05) is 5.32 Å². The Kier molecular flexibility index (Phi) is 2.63. The Labute approximate surface area is 70.7 Å². The summed E-state index contributed by atoms with van der Waals surface area (Å²) in [6, 6.07) is 0. The third kappa shape index (κ3) is 1.95. The van der Waals surface area contributed by atoms with Gasteiger partial charge in [0.05, 0.1) is 11.9 Å². The second kappa shape index (κ2) is 3.71. The van der Waals surface area contributed by atoms with Gasteiger partial charge in [0.25, 0.3) is 5.91 Å². The average molecular weight is 165 g/mol. The second-order valence-corrected chi connectivity index (χ2v) is 2.41. The van der Waals surface area contributed by atoms with Gasteiger partial charge in [-0.25, -0.2) is 0 Å². The lowest BCUT2D eigenvalue weighted by Gasteiger charge is -1.99. The fourth-order valence-electron chi connectivity index (χ4n) is 0.680. The van der Waals surface area contributed by atoms with Crippen LogP contribution in [0.25, 0.3) is 0 Å². The molecule has 0 aliphatic carbocycles. The number of amides is 1. The average Bonchev–Trinajstić information content (AvgIpc) is 2.55. The van der Waals surface area contributed by atoms with Crippen molar-refractivity contribution in [3.63, 3.8) is 0 Å². The predicted molar refractivity (Wildman–Crippen MR) is 46.6 cm³/mol. The van der Waals surface area contributed by atoms with Crippen LogP contribution in [0.4, 0.5) is 5.69 Å². The minimum atomic E-state index is -0.0982. The van der Waals surface area contributed by atoms with Gasteiger partial charge in [0.2, 0.25) is 0 Å². The number of aromatic nitrogens is 2. The van der Waals surface area contributed by atoms with Gasteiger partial charge in [0.1, 0.15) is 0 Å². The molecule has 0 aliphatic heterocycles. The number of nitrogens with one attached hydrogen (secondary N) is 2. The van der Waals surface area contributed by atoms with Crippen molar-refractivity contribution < 1.29 is 4.79 Å². The van der Waals surface area contributed by atoms with E-state index >= 15 is 0 Å². The number of hydrogen-bond acceptors (Lipinski definition) is 2. The van der Waals surface area contributed by atoms with Gasteiger partial charge in [-0.2, -0.15) is 5.10 Å². The molecule has 0 aliphatic rings. The van der Waals surface area contributed by atoms with E-state index in [4.69, 9.17) is 0 Å². The largest absolute Gasteiger partial charge is 0.320 e. The molecule has 1 rings (SSSR count). The smallest absolute Gasteiger partial charge is 0.251 e. The first kappa shape index (κ1) is 8.52. The Morgan fingerprint density at radius 2 is 2.50 bits per heavy atom. The summed E-state index contributed by atoms with van der Waals surface area (Å²) in [6.07, 6.45) is 4.94. The first-order chi connectivity index (χ1) is 5.74. The summed E-state index contributed by atoms with van der Waals surface area (Å²) in [6.45, 7) is 3.58. The highest BCUT2D eigenvalue weighted by atomic mass is 16.1. The summed E-state index contributed by atoms with van der Waals surface area (Å²) in [4.78, 5) is 11.2. The third-order valence-corrected chi connectivity index (χ3v) is 1.55. The van der Waals surface area contributed by atoms with Crippen molar-refractivity contribution >= 4 is 11.6 Å². The molecule has 2 N–H and O–H groups in total. The highest BCUT2D eigenvalue weighted by molar-refractivity contribution is 6.02. The van der Waals surface area contributed by atoms with Gasteiger partial charge < -0.3 is 5.32 Å². The summed E-state index contributed by atoms with van der Waals surface area (Å²) in [5, 5.41) is 8.98. The third-order valence-electron chi connectivity index (χ3n) is 1.55. The van der Waals surface area contributed by atoms with Crippen LogP contribution in [-0.4, -0.2) is 16.1 Å². The lowest BCUT2D eigenvalue weighted by atomic mass is 10.3. The molecule has 0 fully saturated rings. The number of hydrogen-bond donors (Lipinski definition) is 2. The summed E-state index contributed by atoms with van der Waals surface area (Å²) >= 11 is 0. The summed E-state index contributed by atoms with van der Waals surface area (Å²) in [7, 11) is 0.